The summed E-state index contributed by atoms with van der Waals surface area (Å²) in [6.07, 6.45) is 5.45. The zero-order valence-electron chi connectivity index (χ0n) is 9.57. The Morgan fingerprint density at radius 1 is 1.25 bits per heavy atom. The number of aromatic nitrogens is 2. The van der Waals surface area contributed by atoms with Crippen LogP contribution in [0.1, 0.15) is 22.5 Å². The van der Waals surface area contributed by atoms with E-state index in [9.17, 15) is 0 Å². The Morgan fingerprint density at radius 2 is 1.94 bits per heavy atom. The topological polar surface area (TPSA) is 17.8 Å². The number of rotatable bonds is 2. The minimum absolute atomic E-state index is 0.773. The number of hydrogen-bond donors (Lipinski definition) is 0. The summed E-state index contributed by atoms with van der Waals surface area (Å²) in [6.45, 7) is 4.73. The molecule has 80 valence electrons. The van der Waals surface area contributed by atoms with Crippen molar-refractivity contribution in [1.29, 1.82) is 0 Å². The molecular formula is C14H14N2. The van der Waals surface area contributed by atoms with Crippen LogP contribution in [0.15, 0.2) is 30.3 Å². The van der Waals surface area contributed by atoms with Gasteiger partial charge in [-0.3, -0.25) is 4.68 Å². The van der Waals surface area contributed by atoms with E-state index in [1.165, 1.54) is 5.56 Å². The third-order valence-electron chi connectivity index (χ3n) is 2.70. The molecule has 0 aliphatic heterocycles. The Bertz CT molecular complexity index is 530. The highest BCUT2D eigenvalue weighted by Crippen LogP contribution is 2.13. The number of benzene rings is 1. The Kier molecular flexibility index (Phi) is 2.78. The maximum absolute atomic E-state index is 5.45. The Balaban J connectivity index is 2.34. The molecule has 0 spiro atoms. The van der Waals surface area contributed by atoms with Crippen LogP contribution in [0.4, 0.5) is 0 Å². The van der Waals surface area contributed by atoms with E-state index in [4.69, 9.17) is 6.42 Å². The van der Waals surface area contributed by atoms with Crippen LogP contribution in [0.5, 0.6) is 0 Å². The third kappa shape index (κ3) is 1.85. The summed E-state index contributed by atoms with van der Waals surface area (Å²) in [5.41, 5.74) is 4.13. The van der Waals surface area contributed by atoms with Gasteiger partial charge in [-0.2, -0.15) is 5.10 Å². The van der Waals surface area contributed by atoms with Crippen molar-refractivity contribution >= 4 is 0 Å². The molecule has 0 saturated heterocycles. The van der Waals surface area contributed by atoms with E-state index in [-0.39, 0.29) is 0 Å². The van der Waals surface area contributed by atoms with Gasteiger partial charge in [-0.25, -0.2) is 0 Å². The Labute approximate surface area is 95.9 Å². The molecule has 2 aromatic rings. The molecule has 1 aromatic carbocycles. The third-order valence-corrected chi connectivity index (χ3v) is 2.70. The first-order chi connectivity index (χ1) is 7.72. The second-order valence-corrected chi connectivity index (χ2v) is 3.83. The number of terminal acetylenes is 1. The zero-order valence-corrected chi connectivity index (χ0v) is 9.57. The maximum atomic E-state index is 5.45. The molecule has 1 heterocycles. The van der Waals surface area contributed by atoms with E-state index in [1.54, 1.807) is 0 Å². The van der Waals surface area contributed by atoms with E-state index < -0.39 is 0 Å². The van der Waals surface area contributed by atoms with Crippen LogP contribution in [0.3, 0.4) is 0 Å². The van der Waals surface area contributed by atoms with E-state index in [0.29, 0.717) is 0 Å². The standard InChI is InChI=1S/C14H14N2/c1-4-14-11(2)15-16(12(14)3)10-13-8-6-5-7-9-13/h1,5-9H,10H2,2-3H3. The highest BCUT2D eigenvalue weighted by Gasteiger charge is 2.08. The molecule has 0 fully saturated rings. The second-order valence-electron chi connectivity index (χ2n) is 3.83. The largest absolute Gasteiger partial charge is 0.264 e. The average molecular weight is 210 g/mol. The fourth-order valence-corrected chi connectivity index (χ4v) is 1.82. The van der Waals surface area contributed by atoms with Crippen LogP contribution in [0, 0.1) is 26.2 Å². The van der Waals surface area contributed by atoms with E-state index in [0.717, 1.165) is 23.5 Å². The van der Waals surface area contributed by atoms with Crippen molar-refractivity contribution in [3.05, 3.63) is 52.8 Å². The van der Waals surface area contributed by atoms with E-state index >= 15 is 0 Å². The van der Waals surface area contributed by atoms with Gasteiger partial charge in [-0.15, -0.1) is 6.42 Å². The van der Waals surface area contributed by atoms with Gasteiger partial charge in [-0.1, -0.05) is 36.3 Å². The van der Waals surface area contributed by atoms with Gasteiger partial charge in [0, 0.05) is 0 Å². The SMILES string of the molecule is C#Cc1c(C)nn(Cc2ccccc2)c1C. The lowest BCUT2D eigenvalue weighted by molar-refractivity contribution is 0.659. The van der Waals surface area contributed by atoms with E-state index in [2.05, 4.69) is 23.2 Å². The summed E-state index contributed by atoms with van der Waals surface area (Å²) in [7, 11) is 0. The lowest BCUT2D eigenvalue weighted by Crippen LogP contribution is -2.03. The molecule has 0 aliphatic rings. The van der Waals surface area contributed by atoms with E-state index in [1.807, 2.05) is 36.7 Å². The molecule has 0 bridgehead atoms. The molecule has 1 aromatic heterocycles. The fourth-order valence-electron chi connectivity index (χ4n) is 1.82. The molecule has 16 heavy (non-hydrogen) atoms. The first kappa shape index (κ1) is 10.5. The van der Waals surface area contributed by atoms with Gasteiger partial charge in [0.15, 0.2) is 0 Å². The summed E-state index contributed by atoms with van der Waals surface area (Å²) in [4.78, 5) is 0. The summed E-state index contributed by atoms with van der Waals surface area (Å²) in [6, 6.07) is 10.3. The molecule has 0 atom stereocenters. The minimum atomic E-state index is 0.773. The monoisotopic (exact) mass is 210 g/mol. The zero-order chi connectivity index (χ0) is 11.5. The smallest absolute Gasteiger partial charge is 0.0753 e. The van der Waals surface area contributed by atoms with Crippen molar-refractivity contribution in [2.75, 3.05) is 0 Å². The Morgan fingerprint density at radius 3 is 2.50 bits per heavy atom. The van der Waals surface area contributed by atoms with Crippen LogP contribution in [-0.4, -0.2) is 9.78 Å². The molecule has 0 unspecified atom stereocenters. The molecule has 0 aliphatic carbocycles. The second kappa shape index (κ2) is 4.24. The number of aryl methyl sites for hydroxylation is 1. The maximum Gasteiger partial charge on any atom is 0.0753 e. The normalized spacial score (nSPS) is 10.1. The fraction of sp³-hybridized carbons (Fsp3) is 0.214. The number of nitrogens with zero attached hydrogens (tertiary/aromatic N) is 2. The Hall–Kier alpha value is -2.01. The van der Waals surface area contributed by atoms with Crippen molar-refractivity contribution in [2.24, 2.45) is 0 Å². The highest BCUT2D eigenvalue weighted by atomic mass is 15.3. The average Bonchev–Trinajstić information content (AvgIpc) is 2.55. The summed E-state index contributed by atoms with van der Waals surface area (Å²) >= 11 is 0. The summed E-state index contributed by atoms with van der Waals surface area (Å²) < 4.78 is 1.96. The van der Waals surface area contributed by atoms with Crippen LogP contribution >= 0.6 is 0 Å². The van der Waals surface area contributed by atoms with Gasteiger partial charge >= 0.3 is 0 Å². The van der Waals surface area contributed by atoms with Gasteiger partial charge in [-0.05, 0) is 19.4 Å². The molecular weight excluding hydrogens is 196 g/mol. The minimum Gasteiger partial charge on any atom is -0.264 e. The first-order valence-electron chi connectivity index (χ1n) is 5.27. The van der Waals surface area contributed by atoms with Crippen molar-refractivity contribution in [3.8, 4) is 12.3 Å². The van der Waals surface area contributed by atoms with Crippen LogP contribution < -0.4 is 0 Å². The van der Waals surface area contributed by atoms with Crippen molar-refractivity contribution < 1.29 is 0 Å². The van der Waals surface area contributed by atoms with Crippen molar-refractivity contribution in [2.45, 2.75) is 20.4 Å². The van der Waals surface area contributed by atoms with Gasteiger partial charge in [0.1, 0.15) is 0 Å². The highest BCUT2D eigenvalue weighted by molar-refractivity contribution is 5.39. The predicted molar refractivity (Wildman–Crippen MR) is 65.2 cm³/mol. The molecule has 0 amide bonds. The molecule has 0 saturated carbocycles. The van der Waals surface area contributed by atoms with Gasteiger partial charge in [0.25, 0.3) is 0 Å². The van der Waals surface area contributed by atoms with Gasteiger partial charge in [0.05, 0.1) is 23.5 Å². The lowest BCUT2D eigenvalue weighted by atomic mass is 10.2. The molecule has 0 N–H and O–H groups in total. The first-order valence-corrected chi connectivity index (χ1v) is 5.27. The van der Waals surface area contributed by atoms with Crippen LogP contribution in [-0.2, 0) is 6.54 Å². The van der Waals surface area contributed by atoms with Gasteiger partial charge < -0.3 is 0 Å². The van der Waals surface area contributed by atoms with Gasteiger partial charge in [0.2, 0.25) is 0 Å². The summed E-state index contributed by atoms with van der Waals surface area (Å²) in [5, 5.41) is 4.45. The lowest BCUT2D eigenvalue weighted by Gasteiger charge is -2.04. The molecule has 2 rings (SSSR count). The van der Waals surface area contributed by atoms with Crippen LogP contribution in [0.2, 0.25) is 0 Å². The molecule has 2 heteroatoms. The molecule has 2 nitrogen and oxygen atoms in total. The summed E-state index contributed by atoms with van der Waals surface area (Å²) in [5.74, 6) is 2.69. The predicted octanol–water partition coefficient (Wildman–Crippen LogP) is 2.53. The molecule has 0 radical (unpaired) electrons. The van der Waals surface area contributed by atoms with Crippen LogP contribution in [0.25, 0.3) is 0 Å². The quantitative estimate of drug-likeness (QED) is 0.696. The number of hydrogen-bond acceptors (Lipinski definition) is 1. The van der Waals surface area contributed by atoms with Crippen molar-refractivity contribution in [1.82, 2.24) is 9.78 Å². The van der Waals surface area contributed by atoms with Crippen molar-refractivity contribution in [3.63, 3.8) is 0 Å².